The molecule has 6 nitrogen and oxygen atoms in total. The lowest BCUT2D eigenvalue weighted by molar-refractivity contribution is 0.0432. The Labute approximate surface area is 158 Å². The molecule has 26 heavy (non-hydrogen) atoms. The molecule has 1 atom stereocenters. The molecule has 2 aliphatic rings. The van der Waals surface area contributed by atoms with Crippen LogP contribution in [0.15, 0.2) is 36.7 Å². The van der Waals surface area contributed by atoms with E-state index in [0.29, 0.717) is 16.7 Å². The predicted octanol–water partition coefficient (Wildman–Crippen LogP) is 2.46. The van der Waals surface area contributed by atoms with E-state index in [4.69, 9.17) is 16.3 Å². The molecule has 2 fully saturated rings. The third-order valence-corrected chi connectivity index (χ3v) is 5.32. The summed E-state index contributed by atoms with van der Waals surface area (Å²) in [5.74, 6) is 0.0435. The molecule has 1 aromatic heterocycles. The zero-order valence-electron chi connectivity index (χ0n) is 14.7. The smallest absolute Gasteiger partial charge is 0.257 e. The molecule has 3 heterocycles. The van der Waals surface area contributed by atoms with Gasteiger partial charge in [0.2, 0.25) is 0 Å². The molecular formula is C19H23ClN4O2. The Morgan fingerprint density at radius 3 is 2.65 bits per heavy atom. The van der Waals surface area contributed by atoms with Crippen LogP contribution in [0.4, 0.5) is 0 Å². The highest BCUT2D eigenvalue weighted by atomic mass is 35.5. The minimum atomic E-state index is 0.0435. The predicted molar refractivity (Wildman–Crippen MR) is 99.9 cm³/mol. The lowest BCUT2D eigenvalue weighted by atomic mass is 10.2. The minimum Gasteiger partial charge on any atom is -0.377 e. The van der Waals surface area contributed by atoms with Crippen LogP contribution in [0.2, 0.25) is 5.02 Å². The molecule has 1 amide bonds. The highest BCUT2D eigenvalue weighted by molar-refractivity contribution is 6.30. The standard InChI is InChI=1S/C19H23ClN4O2/c20-16-3-5-17(6-4-16)24-13-15(12-21-24)19(25)23-9-7-22(8-10-23)14-18-2-1-11-26-18/h3-6,12-13,18H,1-2,7-11,14H2. The van der Waals surface area contributed by atoms with Gasteiger partial charge in [0.25, 0.3) is 5.91 Å². The number of hydrogen-bond acceptors (Lipinski definition) is 4. The number of carbonyl (C=O) groups excluding carboxylic acids is 1. The highest BCUT2D eigenvalue weighted by Crippen LogP contribution is 2.17. The molecule has 4 rings (SSSR count). The van der Waals surface area contributed by atoms with Crippen molar-refractivity contribution in [3.05, 3.63) is 47.2 Å². The number of halogens is 1. The van der Waals surface area contributed by atoms with Crippen molar-refractivity contribution >= 4 is 17.5 Å². The lowest BCUT2D eigenvalue weighted by Gasteiger charge is -2.35. The molecule has 0 aliphatic carbocycles. The molecular weight excluding hydrogens is 352 g/mol. The lowest BCUT2D eigenvalue weighted by Crippen LogP contribution is -2.50. The molecule has 2 saturated heterocycles. The number of nitrogens with zero attached hydrogens (tertiary/aromatic N) is 4. The Morgan fingerprint density at radius 1 is 1.19 bits per heavy atom. The molecule has 0 bridgehead atoms. The first kappa shape index (κ1) is 17.5. The number of piperazine rings is 1. The van der Waals surface area contributed by atoms with Gasteiger partial charge in [0.15, 0.2) is 0 Å². The zero-order chi connectivity index (χ0) is 17.9. The Hall–Kier alpha value is -1.89. The number of hydrogen-bond donors (Lipinski definition) is 0. The minimum absolute atomic E-state index is 0.0435. The van der Waals surface area contributed by atoms with E-state index < -0.39 is 0 Å². The summed E-state index contributed by atoms with van der Waals surface area (Å²) in [6.45, 7) is 5.17. The van der Waals surface area contributed by atoms with Crippen molar-refractivity contribution in [1.82, 2.24) is 19.6 Å². The summed E-state index contributed by atoms with van der Waals surface area (Å²) >= 11 is 5.92. The molecule has 1 unspecified atom stereocenters. The SMILES string of the molecule is O=C(c1cnn(-c2ccc(Cl)cc2)c1)N1CCN(CC2CCCO2)CC1. The van der Waals surface area contributed by atoms with Crippen molar-refractivity contribution in [3.8, 4) is 5.69 Å². The van der Waals surface area contributed by atoms with Gasteiger partial charge < -0.3 is 9.64 Å². The largest absolute Gasteiger partial charge is 0.377 e. The van der Waals surface area contributed by atoms with Crippen LogP contribution < -0.4 is 0 Å². The van der Waals surface area contributed by atoms with Crippen LogP contribution in [0.25, 0.3) is 5.69 Å². The van der Waals surface area contributed by atoms with Crippen LogP contribution in [0, 0.1) is 0 Å². The summed E-state index contributed by atoms with van der Waals surface area (Å²) in [7, 11) is 0. The Balaban J connectivity index is 1.34. The quantitative estimate of drug-likeness (QED) is 0.825. The molecule has 0 radical (unpaired) electrons. The average molecular weight is 375 g/mol. The van der Waals surface area contributed by atoms with Gasteiger partial charge in [-0.1, -0.05) is 11.6 Å². The normalized spacial score (nSPS) is 21.3. The number of aromatic nitrogens is 2. The van der Waals surface area contributed by atoms with E-state index in [9.17, 15) is 4.79 Å². The summed E-state index contributed by atoms with van der Waals surface area (Å²) in [5, 5.41) is 4.99. The van der Waals surface area contributed by atoms with Crippen LogP contribution in [0.3, 0.4) is 0 Å². The average Bonchev–Trinajstić information content (AvgIpc) is 3.34. The van der Waals surface area contributed by atoms with Gasteiger partial charge in [0.1, 0.15) is 0 Å². The van der Waals surface area contributed by atoms with Crippen LogP contribution >= 0.6 is 11.6 Å². The summed E-state index contributed by atoms with van der Waals surface area (Å²) in [6.07, 6.45) is 6.11. The fourth-order valence-corrected chi connectivity index (χ4v) is 3.69. The van der Waals surface area contributed by atoms with Crippen LogP contribution in [-0.2, 0) is 4.74 Å². The van der Waals surface area contributed by atoms with Crippen molar-refractivity contribution in [2.45, 2.75) is 18.9 Å². The van der Waals surface area contributed by atoms with Gasteiger partial charge in [-0.2, -0.15) is 5.10 Å². The van der Waals surface area contributed by atoms with Crippen LogP contribution in [-0.4, -0.2) is 70.9 Å². The second kappa shape index (κ2) is 7.78. The third-order valence-electron chi connectivity index (χ3n) is 5.07. The van der Waals surface area contributed by atoms with Gasteiger partial charge in [-0.25, -0.2) is 4.68 Å². The monoisotopic (exact) mass is 374 g/mol. The number of carbonyl (C=O) groups is 1. The molecule has 2 aromatic rings. The second-order valence-corrected chi connectivity index (χ2v) is 7.31. The van der Waals surface area contributed by atoms with Gasteiger partial charge in [-0.05, 0) is 37.1 Å². The van der Waals surface area contributed by atoms with Gasteiger partial charge in [0, 0.05) is 50.6 Å². The molecule has 138 valence electrons. The molecule has 0 spiro atoms. The van der Waals surface area contributed by atoms with Crippen molar-refractivity contribution in [3.63, 3.8) is 0 Å². The highest BCUT2D eigenvalue weighted by Gasteiger charge is 2.26. The first-order valence-corrected chi connectivity index (χ1v) is 9.51. The van der Waals surface area contributed by atoms with Crippen molar-refractivity contribution in [2.24, 2.45) is 0 Å². The van der Waals surface area contributed by atoms with Crippen molar-refractivity contribution < 1.29 is 9.53 Å². The number of benzene rings is 1. The summed E-state index contributed by atoms with van der Waals surface area (Å²) < 4.78 is 7.42. The summed E-state index contributed by atoms with van der Waals surface area (Å²) in [6, 6.07) is 7.39. The zero-order valence-corrected chi connectivity index (χ0v) is 15.4. The molecule has 0 N–H and O–H groups in total. The van der Waals surface area contributed by atoms with Gasteiger partial charge in [0.05, 0.1) is 23.6 Å². The fourth-order valence-electron chi connectivity index (χ4n) is 3.56. The molecule has 7 heteroatoms. The first-order valence-electron chi connectivity index (χ1n) is 9.13. The molecule has 1 aromatic carbocycles. The van der Waals surface area contributed by atoms with Gasteiger partial charge >= 0.3 is 0 Å². The third kappa shape index (κ3) is 3.92. The number of ether oxygens (including phenoxy) is 1. The topological polar surface area (TPSA) is 50.6 Å². The second-order valence-electron chi connectivity index (χ2n) is 6.88. The summed E-state index contributed by atoms with van der Waals surface area (Å²) in [5.41, 5.74) is 1.50. The Morgan fingerprint density at radius 2 is 1.96 bits per heavy atom. The van der Waals surface area contributed by atoms with Crippen molar-refractivity contribution in [2.75, 3.05) is 39.3 Å². The Bertz CT molecular complexity index is 747. The van der Waals surface area contributed by atoms with Gasteiger partial charge in [-0.3, -0.25) is 9.69 Å². The van der Waals surface area contributed by atoms with E-state index >= 15 is 0 Å². The number of rotatable bonds is 4. The summed E-state index contributed by atoms with van der Waals surface area (Å²) in [4.78, 5) is 17.1. The maximum absolute atomic E-state index is 12.8. The van der Waals surface area contributed by atoms with E-state index in [1.165, 1.54) is 6.42 Å². The van der Waals surface area contributed by atoms with Crippen LogP contribution in [0.5, 0.6) is 0 Å². The Kier molecular flexibility index (Phi) is 5.24. The fraction of sp³-hybridized carbons (Fsp3) is 0.474. The van der Waals surface area contributed by atoms with E-state index in [1.807, 2.05) is 29.2 Å². The maximum Gasteiger partial charge on any atom is 0.257 e. The van der Waals surface area contributed by atoms with E-state index in [2.05, 4.69) is 10.00 Å². The van der Waals surface area contributed by atoms with Crippen LogP contribution in [0.1, 0.15) is 23.2 Å². The maximum atomic E-state index is 12.8. The van der Waals surface area contributed by atoms with E-state index in [0.717, 1.165) is 51.4 Å². The van der Waals surface area contributed by atoms with Crippen molar-refractivity contribution in [1.29, 1.82) is 0 Å². The van der Waals surface area contributed by atoms with E-state index in [-0.39, 0.29) is 5.91 Å². The molecule has 2 aliphatic heterocycles. The van der Waals surface area contributed by atoms with E-state index in [1.54, 1.807) is 17.1 Å². The first-order chi connectivity index (χ1) is 12.7. The molecule has 0 saturated carbocycles. The van der Waals surface area contributed by atoms with Gasteiger partial charge in [-0.15, -0.1) is 0 Å². The number of amides is 1.